The number of para-hydroxylation sites is 1. The third-order valence-electron chi connectivity index (χ3n) is 4.50. The van der Waals surface area contributed by atoms with Crippen LogP contribution in [0.25, 0.3) is 0 Å². The second-order valence-corrected chi connectivity index (χ2v) is 7.08. The standard InChI is InChI=1S/C22H21ClN2O4/c23-16-10-12-17(13-11-16)24-21(27)18-8-4-5-9-19(18)25-20(26)14-29-22(28)15-6-2-1-3-7-15/h1-2,4-5,8-13,15H,3,6-7,14H2,(H,24,27)(H,25,26)/t15-/m0/s1. The Morgan fingerprint density at radius 2 is 1.76 bits per heavy atom. The number of hydrogen-bond donors (Lipinski definition) is 2. The van der Waals surface area contributed by atoms with Crippen LogP contribution in [0.5, 0.6) is 0 Å². The van der Waals surface area contributed by atoms with E-state index >= 15 is 0 Å². The zero-order valence-electron chi connectivity index (χ0n) is 15.7. The van der Waals surface area contributed by atoms with E-state index in [1.807, 2.05) is 12.2 Å². The number of halogens is 1. The number of allylic oxidation sites excluding steroid dienone is 2. The van der Waals surface area contributed by atoms with Gasteiger partial charge >= 0.3 is 5.97 Å². The third-order valence-corrected chi connectivity index (χ3v) is 4.75. The Bertz CT molecular complexity index is 925. The maximum absolute atomic E-state index is 12.6. The zero-order chi connectivity index (χ0) is 20.6. The van der Waals surface area contributed by atoms with E-state index in [9.17, 15) is 14.4 Å². The monoisotopic (exact) mass is 412 g/mol. The van der Waals surface area contributed by atoms with Crippen LogP contribution >= 0.6 is 11.6 Å². The normalized spacial score (nSPS) is 15.4. The van der Waals surface area contributed by atoms with E-state index in [1.54, 1.807) is 48.5 Å². The first-order valence-corrected chi connectivity index (χ1v) is 9.68. The zero-order valence-corrected chi connectivity index (χ0v) is 16.4. The minimum absolute atomic E-state index is 0.203. The number of anilines is 2. The van der Waals surface area contributed by atoms with Gasteiger partial charge in [-0.25, -0.2) is 0 Å². The maximum Gasteiger partial charge on any atom is 0.309 e. The Morgan fingerprint density at radius 1 is 1.00 bits per heavy atom. The SMILES string of the molecule is O=C(COC(=O)[C@H]1CC=CCC1)Nc1ccccc1C(=O)Nc1ccc(Cl)cc1. The number of rotatable bonds is 6. The molecule has 1 aliphatic carbocycles. The van der Waals surface area contributed by atoms with Crippen LogP contribution in [0.4, 0.5) is 11.4 Å². The number of carbonyl (C=O) groups is 3. The lowest BCUT2D eigenvalue weighted by Crippen LogP contribution is -2.26. The summed E-state index contributed by atoms with van der Waals surface area (Å²) in [7, 11) is 0. The van der Waals surface area contributed by atoms with Crippen molar-refractivity contribution in [2.24, 2.45) is 5.92 Å². The van der Waals surface area contributed by atoms with Crippen LogP contribution in [-0.2, 0) is 14.3 Å². The Labute approximate surface area is 173 Å². The summed E-state index contributed by atoms with van der Waals surface area (Å²) in [5.74, 6) is -1.46. The van der Waals surface area contributed by atoms with E-state index in [1.165, 1.54) is 0 Å². The van der Waals surface area contributed by atoms with E-state index in [0.29, 0.717) is 28.4 Å². The van der Waals surface area contributed by atoms with Crippen molar-refractivity contribution in [2.45, 2.75) is 19.3 Å². The first-order chi connectivity index (χ1) is 14.0. The fourth-order valence-electron chi connectivity index (χ4n) is 2.97. The molecule has 0 spiro atoms. The average Bonchev–Trinajstić information content (AvgIpc) is 2.74. The van der Waals surface area contributed by atoms with Gasteiger partial charge in [-0.05, 0) is 55.7 Å². The number of amides is 2. The highest BCUT2D eigenvalue weighted by Gasteiger charge is 2.21. The Morgan fingerprint density at radius 3 is 2.48 bits per heavy atom. The number of carbonyl (C=O) groups excluding carboxylic acids is 3. The molecule has 1 atom stereocenters. The van der Waals surface area contributed by atoms with Crippen molar-refractivity contribution in [3.05, 3.63) is 71.3 Å². The maximum atomic E-state index is 12.6. The number of nitrogens with one attached hydrogen (secondary N) is 2. The topological polar surface area (TPSA) is 84.5 Å². The molecule has 2 N–H and O–H groups in total. The van der Waals surface area contributed by atoms with Crippen molar-refractivity contribution in [1.29, 1.82) is 0 Å². The van der Waals surface area contributed by atoms with Crippen molar-refractivity contribution < 1.29 is 19.1 Å². The second kappa shape index (κ2) is 9.89. The van der Waals surface area contributed by atoms with Crippen LogP contribution in [0.2, 0.25) is 5.02 Å². The van der Waals surface area contributed by atoms with E-state index in [-0.39, 0.29) is 17.8 Å². The third kappa shape index (κ3) is 5.93. The molecular weight excluding hydrogens is 392 g/mol. The lowest BCUT2D eigenvalue weighted by Gasteiger charge is -2.16. The summed E-state index contributed by atoms with van der Waals surface area (Å²) in [6, 6.07) is 13.3. The molecule has 0 saturated heterocycles. The van der Waals surface area contributed by atoms with E-state index in [4.69, 9.17) is 16.3 Å². The molecule has 0 aliphatic heterocycles. The van der Waals surface area contributed by atoms with Crippen LogP contribution in [0, 0.1) is 5.92 Å². The molecule has 0 saturated carbocycles. The van der Waals surface area contributed by atoms with Gasteiger partial charge in [0, 0.05) is 10.7 Å². The molecule has 7 heteroatoms. The van der Waals surface area contributed by atoms with Crippen molar-refractivity contribution >= 4 is 40.8 Å². The van der Waals surface area contributed by atoms with Gasteiger partial charge in [0.2, 0.25) is 0 Å². The minimum Gasteiger partial charge on any atom is -0.455 e. The molecule has 29 heavy (non-hydrogen) atoms. The minimum atomic E-state index is -0.503. The van der Waals surface area contributed by atoms with Crippen molar-refractivity contribution in [1.82, 2.24) is 0 Å². The summed E-state index contributed by atoms with van der Waals surface area (Å²) in [5, 5.41) is 5.95. The molecule has 2 aromatic carbocycles. The quantitative estimate of drug-likeness (QED) is 0.543. The van der Waals surface area contributed by atoms with Gasteiger partial charge < -0.3 is 15.4 Å². The molecule has 0 radical (unpaired) electrons. The first-order valence-electron chi connectivity index (χ1n) is 9.30. The highest BCUT2D eigenvalue weighted by atomic mass is 35.5. The molecule has 0 fully saturated rings. The average molecular weight is 413 g/mol. The number of benzene rings is 2. The summed E-state index contributed by atoms with van der Waals surface area (Å²) < 4.78 is 5.12. The van der Waals surface area contributed by atoms with Crippen molar-refractivity contribution in [2.75, 3.05) is 17.2 Å². The molecule has 1 aliphatic rings. The molecular formula is C22H21ClN2O4. The van der Waals surface area contributed by atoms with Crippen LogP contribution < -0.4 is 10.6 Å². The summed E-state index contributed by atoms with van der Waals surface area (Å²) in [4.78, 5) is 36.9. The van der Waals surface area contributed by atoms with Crippen LogP contribution in [0.15, 0.2) is 60.7 Å². The molecule has 0 aromatic heterocycles. The van der Waals surface area contributed by atoms with Crippen molar-refractivity contribution in [3.8, 4) is 0 Å². The fourth-order valence-corrected chi connectivity index (χ4v) is 3.10. The van der Waals surface area contributed by atoms with E-state index in [0.717, 1.165) is 12.8 Å². The first kappa shape index (κ1) is 20.6. The molecule has 2 amide bonds. The number of hydrogen-bond acceptors (Lipinski definition) is 4. The Balaban J connectivity index is 1.58. The van der Waals surface area contributed by atoms with Crippen LogP contribution in [-0.4, -0.2) is 24.4 Å². The van der Waals surface area contributed by atoms with Gasteiger partial charge in [-0.15, -0.1) is 0 Å². The summed E-state index contributed by atoms with van der Waals surface area (Å²) in [6.45, 7) is -0.397. The predicted octanol–water partition coefficient (Wildman–Crippen LogP) is 4.43. The van der Waals surface area contributed by atoms with Gasteiger partial charge in [-0.3, -0.25) is 14.4 Å². The van der Waals surface area contributed by atoms with Gasteiger partial charge in [-0.1, -0.05) is 35.9 Å². The largest absolute Gasteiger partial charge is 0.455 e. The van der Waals surface area contributed by atoms with Gasteiger partial charge in [-0.2, -0.15) is 0 Å². The van der Waals surface area contributed by atoms with Crippen LogP contribution in [0.3, 0.4) is 0 Å². The molecule has 2 aromatic rings. The lowest BCUT2D eigenvalue weighted by molar-refractivity contribution is -0.151. The molecule has 0 unspecified atom stereocenters. The molecule has 0 bridgehead atoms. The van der Waals surface area contributed by atoms with Gasteiger partial charge in [0.15, 0.2) is 6.61 Å². The molecule has 3 rings (SSSR count). The number of esters is 1. The molecule has 150 valence electrons. The van der Waals surface area contributed by atoms with Gasteiger partial charge in [0.05, 0.1) is 17.2 Å². The Kier molecular flexibility index (Phi) is 7.03. The van der Waals surface area contributed by atoms with Gasteiger partial charge in [0.25, 0.3) is 11.8 Å². The van der Waals surface area contributed by atoms with E-state index in [2.05, 4.69) is 10.6 Å². The predicted molar refractivity (Wildman–Crippen MR) is 112 cm³/mol. The number of ether oxygens (including phenoxy) is 1. The summed E-state index contributed by atoms with van der Waals surface area (Å²) in [6.07, 6.45) is 6.18. The lowest BCUT2D eigenvalue weighted by atomic mass is 9.95. The smallest absolute Gasteiger partial charge is 0.309 e. The highest BCUT2D eigenvalue weighted by molar-refractivity contribution is 6.30. The van der Waals surface area contributed by atoms with Crippen LogP contribution in [0.1, 0.15) is 29.6 Å². The van der Waals surface area contributed by atoms with Gasteiger partial charge in [0.1, 0.15) is 0 Å². The van der Waals surface area contributed by atoms with E-state index < -0.39 is 12.5 Å². The van der Waals surface area contributed by atoms with Crippen molar-refractivity contribution in [3.63, 3.8) is 0 Å². The molecule has 0 heterocycles. The summed E-state index contributed by atoms with van der Waals surface area (Å²) in [5.41, 5.74) is 1.20. The second-order valence-electron chi connectivity index (χ2n) is 6.64. The fraction of sp³-hybridized carbons (Fsp3) is 0.227. The highest BCUT2D eigenvalue weighted by Crippen LogP contribution is 2.20. The Hall–Kier alpha value is -3.12. The molecule has 6 nitrogen and oxygen atoms in total. The summed E-state index contributed by atoms with van der Waals surface area (Å²) >= 11 is 5.85.